The van der Waals surface area contributed by atoms with Gasteiger partial charge in [0.25, 0.3) is 0 Å². The Balaban J connectivity index is 1.80. The van der Waals surface area contributed by atoms with E-state index in [0.717, 1.165) is 13.1 Å². The van der Waals surface area contributed by atoms with Crippen molar-refractivity contribution in [2.45, 2.75) is 19.1 Å². The molecule has 1 aliphatic heterocycles. The summed E-state index contributed by atoms with van der Waals surface area (Å²) in [5.41, 5.74) is 0. The lowest BCUT2D eigenvalue weighted by Gasteiger charge is -2.28. The summed E-state index contributed by atoms with van der Waals surface area (Å²) in [5.74, 6) is 0. The van der Waals surface area contributed by atoms with E-state index in [1.54, 1.807) is 0 Å². The van der Waals surface area contributed by atoms with Crippen LogP contribution in [-0.4, -0.2) is 41.9 Å². The first-order valence-electron chi connectivity index (χ1n) is 5.20. The molecule has 1 saturated heterocycles. The number of ether oxygens (including phenoxy) is 2. The Morgan fingerprint density at radius 2 is 2.25 bits per heavy atom. The molecule has 1 aromatic rings. The van der Waals surface area contributed by atoms with Gasteiger partial charge in [-0.3, -0.25) is 0 Å². The molecule has 0 amide bonds. The van der Waals surface area contributed by atoms with E-state index in [0.29, 0.717) is 17.6 Å². The predicted octanol–water partition coefficient (Wildman–Crippen LogP) is 0.886. The topological polar surface area (TPSA) is 56.3 Å². The number of hydrogen-bond acceptors (Lipinski definition) is 5. The molecule has 0 saturated carbocycles. The molecule has 2 heterocycles. The molecule has 2 atom stereocenters. The first kappa shape index (κ1) is 11.6. The molecule has 0 bridgehead atoms. The number of morpholine rings is 1. The maximum Gasteiger partial charge on any atom is 0.316 e. The van der Waals surface area contributed by atoms with E-state index < -0.39 is 0 Å². The maximum absolute atomic E-state index is 5.66. The Kier molecular flexibility index (Phi) is 3.93. The molecule has 2 rings (SSSR count). The second-order valence-corrected chi connectivity index (χ2v) is 4.16. The van der Waals surface area contributed by atoms with Crippen molar-refractivity contribution in [1.82, 2.24) is 15.3 Å². The van der Waals surface area contributed by atoms with Gasteiger partial charge in [0.1, 0.15) is 12.7 Å². The molecule has 0 spiro atoms. The minimum Gasteiger partial charge on any atom is -0.461 e. The molecule has 6 heteroatoms. The average Bonchev–Trinajstić information content (AvgIpc) is 2.28. The lowest BCUT2D eigenvalue weighted by Crippen LogP contribution is -2.45. The Morgan fingerprint density at radius 3 is 2.94 bits per heavy atom. The van der Waals surface area contributed by atoms with Crippen molar-refractivity contribution in [3.63, 3.8) is 0 Å². The molecule has 2 unspecified atom stereocenters. The SMILES string of the molecule is CC1CNCC(COc2ncc(Cl)cn2)O1. The highest BCUT2D eigenvalue weighted by Crippen LogP contribution is 2.09. The van der Waals surface area contributed by atoms with Crippen LogP contribution >= 0.6 is 11.6 Å². The molecule has 0 aromatic carbocycles. The van der Waals surface area contributed by atoms with Crippen LogP contribution in [0.25, 0.3) is 0 Å². The van der Waals surface area contributed by atoms with E-state index in [4.69, 9.17) is 21.1 Å². The van der Waals surface area contributed by atoms with Gasteiger partial charge >= 0.3 is 6.01 Å². The van der Waals surface area contributed by atoms with Gasteiger partial charge in [-0.2, -0.15) is 0 Å². The third-order valence-electron chi connectivity index (χ3n) is 2.22. The fraction of sp³-hybridized carbons (Fsp3) is 0.600. The van der Waals surface area contributed by atoms with Crippen LogP contribution in [0.4, 0.5) is 0 Å². The largest absolute Gasteiger partial charge is 0.461 e. The maximum atomic E-state index is 5.66. The molecule has 0 aliphatic carbocycles. The molecule has 88 valence electrons. The molecule has 1 N–H and O–H groups in total. The van der Waals surface area contributed by atoms with Crippen LogP contribution in [-0.2, 0) is 4.74 Å². The van der Waals surface area contributed by atoms with Gasteiger partial charge in [0.05, 0.1) is 23.5 Å². The van der Waals surface area contributed by atoms with Crippen LogP contribution in [0.15, 0.2) is 12.4 Å². The summed E-state index contributed by atoms with van der Waals surface area (Å²) in [6.45, 7) is 4.14. The predicted molar refractivity (Wildman–Crippen MR) is 59.7 cm³/mol. The Labute approximate surface area is 99.1 Å². The second-order valence-electron chi connectivity index (χ2n) is 3.72. The van der Waals surface area contributed by atoms with Gasteiger partial charge < -0.3 is 14.8 Å². The number of halogens is 1. The Hall–Kier alpha value is -0.910. The second kappa shape index (κ2) is 5.43. The zero-order chi connectivity index (χ0) is 11.4. The van der Waals surface area contributed by atoms with Crippen LogP contribution in [0.1, 0.15) is 6.92 Å². The first-order chi connectivity index (χ1) is 7.74. The summed E-state index contributed by atoms with van der Waals surface area (Å²) in [7, 11) is 0. The van der Waals surface area contributed by atoms with Gasteiger partial charge in [0, 0.05) is 13.1 Å². The molecular formula is C10H14ClN3O2. The number of aromatic nitrogens is 2. The van der Waals surface area contributed by atoms with Crippen molar-refractivity contribution in [2.24, 2.45) is 0 Å². The van der Waals surface area contributed by atoms with E-state index >= 15 is 0 Å². The normalized spacial score (nSPS) is 25.4. The quantitative estimate of drug-likeness (QED) is 0.854. The van der Waals surface area contributed by atoms with Crippen molar-refractivity contribution < 1.29 is 9.47 Å². The van der Waals surface area contributed by atoms with Gasteiger partial charge in [-0.15, -0.1) is 0 Å². The zero-order valence-corrected chi connectivity index (χ0v) is 9.78. The zero-order valence-electron chi connectivity index (χ0n) is 9.02. The van der Waals surface area contributed by atoms with E-state index in [9.17, 15) is 0 Å². The molecule has 5 nitrogen and oxygen atoms in total. The molecule has 16 heavy (non-hydrogen) atoms. The van der Waals surface area contributed by atoms with Crippen molar-refractivity contribution in [3.05, 3.63) is 17.4 Å². The van der Waals surface area contributed by atoms with E-state index in [-0.39, 0.29) is 12.2 Å². The number of nitrogens with one attached hydrogen (secondary N) is 1. The van der Waals surface area contributed by atoms with E-state index in [2.05, 4.69) is 15.3 Å². The fourth-order valence-corrected chi connectivity index (χ4v) is 1.61. The van der Waals surface area contributed by atoms with E-state index in [1.165, 1.54) is 12.4 Å². The average molecular weight is 244 g/mol. The summed E-state index contributed by atoms with van der Waals surface area (Å²) >= 11 is 5.66. The summed E-state index contributed by atoms with van der Waals surface area (Å²) in [6.07, 6.45) is 3.27. The van der Waals surface area contributed by atoms with Gasteiger partial charge in [-0.25, -0.2) is 9.97 Å². The van der Waals surface area contributed by atoms with Gasteiger partial charge in [-0.05, 0) is 6.92 Å². The van der Waals surface area contributed by atoms with Crippen LogP contribution in [0.3, 0.4) is 0 Å². The molecular weight excluding hydrogens is 230 g/mol. The van der Waals surface area contributed by atoms with Crippen molar-refractivity contribution in [3.8, 4) is 6.01 Å². The minimum absolute atomic E-state index is 0.0445. The smallest absolute Gasteiger partial charge is 0.316 e. The van der Waals surface area contributed by atoms with Crippen molar-refractivity contribution >= 4 is 11.6 Å². The number of hydrogen-bond donors (Lipinski definition) is 1. The van der Waals surface area contributed by atoms with Gasteiger partial charge in [0.2, 0.25) is 0 Å². The molecule has 0 radical (unpaired) electrons. The van der Waals surface area contributed by atoms with Crippen LogP contribution in [0.5, 0.6) is 6.01 Å². The molecule has 1 aliphatic rings. The third-order valence-corrected chi connectivity index (χ3v) is 2.42. The van der Waals surface area contributed by atoms with Crippen molar-refractivity contribution in [1.29, 1.82) is 0 Å². The standard InChI is InChI=1S/C10H14ClN3O2/c1-7-2-12-5-9(16-7)6-15-10-13-3-8(11)4-14-10/h3-4,7,9,12H,2,5-6H2,1H3. The first-order valence-corrected chi connectivity index (χ1v) is 5.58. The highest BCUT2D eigenvalue weighted by Gasteiger charge is 2.19. The lowest BCUT2D eigenvalue weighted by molar-refractivity contribution is -0.0483. The summed E-state index contributed by atoms with van der Waals surface area (Å²) in [5, 5.41) is 3.76. The molecule has 1 fully saturated rings. The molecule has 1 aromatic heterocycles. The van der Waals surface area contributed by atoms with Gasteiger partial charge in [0.15, 0.2) is 0 Å². The summed E-state index contributed by atoms with van der Waals surface area (Å²) in [4.78, 5) is 7.88. The van der Waals surface area contributed by atoms with Crippen LogP contribution in [0, 0.1) is 0 Å². The summed E-state index contributed by atoms with van der Waals surface area (Å²) < 4.78 is 11.1. The number of nitrogens with zero attached hydrogens (tertiary/aromatic N) is 2. The highest BCUT2D eigenvalue weighted by molar-refractivity contribution is 6.30. The Morgan fingerprint density at radius 1 is 1.50 bits per heavy atom. The lowest BCUT2D eigenvalue weighted by atomic mass is 10.2. The Bertz CT molecular complexity index is 333. The van der Waals surface area contributed by atoms with Crippen LogP contribution in [0.2, 0.25) is 5.02 Å². The van der Waals surface area contributed by atoms with Crippen molar-refractivity contribution in [2.75, 3.05) is 19.7 Å². The monoisotopic (exact) mass is 243 g/mol. The third kappa shape index (κ3) is 3.30. The van der Waals surface area contributed by atoms with E-state index in [1.807, 2.05) is 6.92 Å². The fourth-order valence-electron chi connectivity index (χ4n) is 1.51. The summed E-state index contributed by atoms with van der Waals surface area (Å²) in [6, 6.07) is 0.325. The highest BCUT2D eigenvalue weighted by atomic mass is 35.5. The van der Waals surface area contributed by atoms with Gasteiger partial charge in [-0.1, -0.05) is 11.6 Å². The number of rotatable bonds is 3. The minimum atomic E-state index is 0.0445. The van der Waals surface area contributed by atoms with Crippen LogP contribution < -0.4 is 10.1 Å².